The first-order chi connectivity index (χ1) is 12.0. The van der Waals surface area contributed by atoms with E-state index < -0.39 is 9.84 Å². The summed E-state index contributed by atoms with van der Waals surface area (Å²) in [5.74, 6) is 0.360. The van der Waals surface area contributed by atoms with Gasteiger partial charge in [-0.1, -0.05) is 0 Å². The monoisotopic (exact) mass is 384 g/mol. The van der Waals surface area contributed by atoms with Crippen LogP contribution in [0.3, 0.4) is 0 Å². The number of sulfone groups is 1. The molecule has 0 saturated carbocycles. The Morgan fingerprint density at radius 3 is 2.96 bits per heavy atom. The summed E-state index contributed by atoms with van der Waals surface area (Å²) in [5.41, 5.74) is 0.967. The summed E-state index contributed by atoms with van der Waals surface area (Å²) in [7, 11) is -1.33. The van der Waals surface area contributed by atoms with Crippen LogP contribution in [0.1, 0.15) is 28.4 Å². The van der Waals surface area contributed by atoms with Crippen molar-refractivity contribution in [1.29, 1.82) is 0 Å². The van der Waals surface area contributed by atoms with E-state index in [9.17, 15) is 8.42 Å². The molecule has 138 valence electrons. The van der Waals surface area contributed by atoms with Crippen LogP contribution < -0.4 is 0 Å². The SMILES string of the molecule is CCn1cc(C2CS(=O)(=O)CCN2Cc2cnc(CCOC)s2)cn1. The fourth-order valence-corrected chi connectivity index (χ4v) is 5.48. The van der Waals surface area contributed by atoms with Crippen LogP contribution in [0.2, 0.25) is 0 Å². The lowest BCUT2D eigenvalue weighted by Crippen LogP contribution is -2.42. The van der Waals surface area contributed by atoms with Crippen molar-refractivity contribution < 1.29 is 13.2 Å². The summed E-state index contributed by atoms with van der Waals surface area (Å²) >= 11 is 1.67. The molecule has 1 atom stereocenters. The Hall–Kier alpha value is -1.29. The summed E-state index contributed by atoms with van der Waals surface area (Å²) in [6.07, 6.45) is 6.45. The third kappa shape index (κ3) is 4.66. The van der Waals surface area contributed by atoms with E-state index in [0.29, 0.717) is 19.7 Å². The zero-order valence-electron chi connectivity index (χ0n) is 14.6. The van der Waals surface area contributed by atoms with Gasteiger partial charge in [-0.3, -0.25) is 9.58 Å². The molecule has 1 aliphatic heterocycles. The van der Waals surface area contributed by atoms with E-state index in [-0.39, 0.29) is 17.5 Å². The van der Waals surface area contributed by atoms with Crippen LogP contribution in [-0.4, -0.2) is 59.8 Å². The summed E-state index contributed by atoms with van der Waals surface area (Å²) in [5, 5.41) is 5.36. The zero-order valence-corrected chi connectivity index (χ0v) is 16.2. The summed E-state index contributed by atoms with van der Waals surface area (Å²) < 4.78 is 31.2. The lowest BCUT2D eigenvalue weighted by atomic mass is 10.1. The van der Waals surface area contributed by atoms with Crippen LogP contribution in [-0.2, 0) is 34.1 Å². The third-order valence-electron chi connectivity index (χ3n) is 4.38. The number of rotatable bonds is 7. The smallest absolute Gasteiger partial charge is 0.153 e. The van der Waals surface area contributed by atoms with Crippen molar-refractivity contribution in [3.8, 4) is 0 Å². The molecule has 9 heteroatoms. The van der Waals surface area contributed by atoms with Crippen molar-refractivity contribution in [2.24, 2.45) is 0 Å². The number of methoxy groups -OCH3 is 1. The molecule has 25 heavy (non-hydrogen) atoms. The number of aryl methyl sites for hydroxylation is 1. The number of hydrogen-bond acceptors (Lipinski definition) is 7. The molecule has 2 aromatic heterocycles. The van der Waals surface area contributed by atoms with Gasteiger partial charge >= 0.3 is 0 Å². The molecule has 0 aromatic carbocycles. The summed E-state index contributed by atoms with van der Waals surface area (Å²) in [6, 6.07) is -0.149. The van der Waals surface area contributed by atoms with Gasteiger partial charge in [0.25, 0.3) is 0 Å². The highest BCUT2D eigenvalue weighted by atomic mass is 32.2. The summed E-state index contributed by atoms with van der Waals surface area (Å²) in [4.78, 5) is 7.82. The quantitative estimate of drug-likeness (QED) is 0.720. The first-order valence-corrected chi connectivity index (χ1v) is 11.0. The van der Waals surface area contributed by atoms with E-state index in [4.69, 9.17) is 4.74 Å². The molecule has 7 nitrogen and oxygen atoms in total. The number of hydrogen-bond donors (Lipinski definition) is 0. The van der Waals surface area contributed by atoms with Crippen molar-refractivity contribution in [3.05, 3.63) is 34.0 Å². The van der Waals surface area contributed by atoms with Crippen molar-refractivity contribution in [1.82, 2.24) is 19.7 Å². The number of aromatic nitrogens is 3. The Balaban J connectivity index is 1.76. The molecule has 0 bridgehead atoms. The van der Waals surface area contributed by atoms with E-state index in [1.54, 1.807) is 24.6 Å². The highest BCUT2D eigenvalue weighted by Gasteiger charge is 2.33. The standard InChI is InChI=1S/C16H24N4O3S2/c1-3-20-10-13(8-18-20)15-12-25(21,22)7-5-19(15)11-14-9-17-16(24-14)4-6-23-2/h8-10,15H,3-7,11-12H2,1-2H3. The van der Waals surface area contributed by atoms with Gasteiger partial charge in [-0.05, 0) is 6.92 Å². The number of nitrogens with zero attached hydrogens (tertiary/aromatic N) is 4. The molecule has 0 aliphatic carbocycles. The molecule has 2 aromatic rings. The topological polar surface area (TPSA) is 77.3 Å². The minimum absolute atomic E-state index is 0.149. The fourth-order valence-electron chi connectivity index (χ4n) is 2.99. The average molecular weight is 385 g/mol. The van der Waals surface area contributed by atoms with E-state index in [2.05, 4.69) is 15.0 Å². The van der Waals surface area contributed by atoms with Gasteiger partial charge in [-0.25, -0.2) is 13.4 Å². The highest BCUT2D eigenvalue weighted by molar-refractivity contribution is 7.91. The van der Waals surface area contributed by atoms with E-state index in [0.717, 1.165) is 28.4 Å². The van der Waals surface area contributed by atoms with E-state index in [1.165, 1.54) is 0 Å². The maximum Gasteiger partial charge on any atom is 0.153 e. The molecule has 0 radical (unpaired) electrons. The predicted molar refractivity (Wildman–Crippen MR) is 97.4 cm³/mol. The normalized spacial score (nSPS) is 20.8. The minimum atomic E-state index is -3.02. The minimum Gasteiger partial charge on any atom is -0.384 e. The Labute approximate surface area is 152 Å². The second-order valence-corrected chi connectivity index (χ2v) is 9.62. The van der Waals surface area contributed by atoms with Gasteiger partial charge in [0.2, 0.25) is 0 Å². The van der Waals surface area contributed by atoms with Crippen LogP contribution in [0.25, 0.3) is 0 Å². The molecule has 1 aliphatic rings. The second-order valence-electron chi connectivity index (χ2n) is 6.19. The molecule has 0 spiro atoms. The maximum atomic E-state index is 12.2. The molecule has 1 fully saturated rings. The first-order valence-electron chi connectivity index (χ1n) is 8.40. The van der Waals surface area contributed by atoms with Gasteiger partial charge in [0.05, 0.1) is 35.4 Å². The predicted octanol–water partition coefficient (Wildman–Crippen LogP) is 1.52. The van der Waals surface area contributed by atoms with Gasteiger partial charge in [0.1, 0.15) is 0 Å². The van der Waals surface area contributed by atoms with Crippen molar-refractivity contribution in [2.45, 2.75) is 32.5 Å². The Morgan fingerprint density at radius 1 is 1.40 bits per heavy atom. The van der Waals surface area contributed by atoms with Gasteiger partial charge in [-0.2, -0.15) is 5.10 Å². The van der Waals surface area contributed by atoms with Crippen LogP contribution in [0.5, 0.6) is 0 Å². The van der Waals surface area contributed by atoms with Gasteiger partial charge in [-0.15, -0.1) is 11.3 Å². The summed E-state index contributed by atoms with van der Waals surface area (Å²) in [6.45, 7) is 4.70. The molecular weight excluding hydrogens is 360 g/mol. The van der Waals surface area contributed by atoms with E-state index >= 15 is 0 Å². The fraction of sp³-hybridized carbons (Fsp3) is 0.625. The number of ether oxygens (including phenoxy) is 1. The molecule has 1 unspecified atom stereocenters. The third-order valence-corrected chi connectivity index (χ3v) is 7.05. The molecule has 1 saturated heterocycles. The van der Waals surface area contributed by atoms with Crippen LogP contribution in [0.4, 0.5) is 0 Å². The van der Waals surface area contributed by atoms with Crippen LogP contribution in [0.15, 0.2) is 18.6 Å². The van der Waals surface area contributed by atoms with Crippen LogP contribution >= 0.6 is 11.3 Å². The maximum absolute atomic E-state index is 12.2. The lowest BCUT2D eigenvalue weighted by molar-refractivity contribution is 0.202. The van der Waals surface area contributed by atoms with E-state index in [1.807, 2.05) is 24.0 Å². The highest BCUT2D eigenvalue weighted by Crippen LogP contribution is 2.29. The second kappa shape index (κ2) is 7.94. The first kappa shape index (κ1) is 18.5. The van der Waals surface area contributed by atoms with Gasteiger partial charge in [0.15, 0.2) is 9.84 Å². The van der Waals surface area contributed by atoms with Crippen LogP contribution in [0, 0.1) is 0 Å². The van der Waals surface area contributed by atoms with Crippen molar-refractivity contribution in [3.63, 3.8) is 0 Å². The average Bonchev–Trinajstić information content (AvgIpc) is 3.23. The molecule has 0 amide bonds. The Morgan fingerprint density at radius 2 is 2.24 bits per heavy atom. The van der Waals surface area contributed by atoms with Gasteiger partial charge in [0, 0.05) is 56.0 Å². The van der Waals surface area contributed by atoms with Crippen molar-refractivity contribution in [2.75, 3.05) is 31.8 Å². The zero-order chi connectivity index (χ0) is 17.9. The van der Waals surface area contributed by atoms with Gasteiger partial charge < -0.3 is 4.74 Å². The van der Waals surface area contributed by atoms with Crippen molar-refractivity contribution >= 4 is 21.2 Å². The Bertz CT molecular complexity index is 800. The molecule has 3 rings (SSSR count). The largest absolute Gasteiger partial charge is 0.384 e. The number of thiazole rings is 1. The Kier molecular flexibility index (Phi) is 5.88. The molecule has 3 heterocycles. The molecular formula is C16H24N4O3S2. The molecule has 0 N–H and O–H groups in total. The lowest BCUT2D eigenvalue weighted by Gasteiger charge is -2.34.